The number of aromatic hydroxyl groups is 1. The summed E-state index contributed by atoms with van der Waals surface area (Å²) in [6.45, 7) is 11.5. The quantitative estimate of drug-likeness (QED) is 0.454. The van der Waals surface area contributed by atoms with Gasteiger partial charge in [-0.3, -0.25) is 10.4 Å². The largest absolute Gasteiger partial charge is 0.506 e. The van der Waals surface area contributed by atoms with Crippen LogP contribution in [-0.4, -0.2) is 26.9 Å². The Bertz CT molecular complexity index is 602. The number of amidine groups is 1. The maximum Gasteiger partial charge on any atom is 0.144 e. The Balaban J connectivity index is 3.30. The van der Waals surface area contributed by atoms with Gasteiger partial charge < -0.3 is 10.0 Å². The number of nitrogens with one attached hydrogen (secondary N) is 1. The number of nitrogens with zero attached hydrogens (tertiary/aromatic N) is 2. The molecular weight excluding hydrogens is 274 g/mol. The first-order chi connectivity index (χ1) is 10.6. The molecule has 2 N–H and O–H groups in total. The lowest BCUT2D eigenvalue weighted by atomic mass is 10.1. The van der Waals surface area contributed by atoms with Gasteiger partial charge in [-0.15, -0.1) is 0 Å². The number of hydrogen-bond acceptors (Lipinski definition) is 3. The van der Waals surface area contributed by atoms with E-state index in [9.17, 15) is 5.11 Å². The van der Waals surface area contributed by atoms with E-state index in [4.69, 9.17) is 5.41 Å². The van der Waals surface area contributed by atoms with Crippen molar-refractivity contribution in [2.24, 2.45) is 0 Å². The van der Waals surface area contributed by atoms with Crippen LogP contribution >= 0.6 is 0 Å². The zero-order valence-corrected chi connectivity index (χ0v) is 13.2. The van der Waals surface area contributed by atoms with E-state index in [1.165, 1.54) is 6.20 Å². The minimum absolute atomic E-state index is 0.0164. The van der Waals surface area contributed by atoms with Crippen molar-refractivity contribution in [3.05, 3.63) is 73.3 Å². The summed E-state index contributed by atoms with van der Waals surface area (Å²) < 4.78 is 0. The second-order valence-electron chi connectivity index (χ2n) is 4.71. The molecule has 4 heteroatoms. The summed E-state index contributed by atoms with van der Waals surface area (Å²) in [5, 5.41) is 18.5. The number of pyridine rings is 1. The van der Waals surface area contributed by atoms with Gasteiger partial charge in [-0.05, 0) is 25.5 Å². The summed E-state index contributed by atoms with van der Waals surface area (Å²) in [5.74, 6) is 0.179. The average Bonchev–Trinajstić information content (AvgIpc) is 2.52. The molecule has 0 fully saturated rings. The van der Waals surface area contributed by atoms with Crippen molar-refractivity contribution < 1.29 is 5.11 Å². The van der Waals surface area contributed by atoms with Crippen LogP contribution in [0.15, 0.2) is 67.7 Å². The van der Waals surface area contributed by atoms with Crippen LogP contribution in [0.4, 0.5) is 0 Å². The first-order valence-corrected chi connectivity index (χ1v) is 7.19. The lowest BCUT2D eigenvalue weighted by Gasteiger charge is -2.31. The number of allylic oxidation sites excluding steroid dienone is 4. The number of hydrogen-bond donors (Lipinski definition) is 2. The molecule has 1 aromatic rings. The highest BCUT2D eigenvalue weighted by Crippen LogP contribution is 2.22. The predicted molar refractivity (Wildman–Crippen MR) is 91.9 cm³/mol. The lowest BCUT2D eigenvalue weighted by molar-refractivity contribution is 0.453. The van der Waals surface area contributed by atoms with Gasteiger partial charge in [0.05, 0.1) is 17.8 Å². The van der Waals surface area contributed by atoms with Crippen molar-refractivity contribution in [3.63, 3.8) is 0 Å². The highest BCUT2D eigenvalue weighted by atomic mass is 16.3. The van der Waals surface area contributed by atoms with Gasteiger partial charge in [0, 0.05) is 11.9 Å². The lowest BCUT2D eigenvalue weighted by Crippen LogP contribution is -2.36. The van der Waals surface area contributed by atoms with Gasteiger partial charge in [-0.25, -0.2) is 0 Å². The maximum atomic E-state index is 9.96. The second-order valence-corrected chi connectivity index (χ2v) is 4.71. The van der Waals surface area contributed by atoms with Crippen LogP contribution in [0.1, 0.15) is 25.8 Å². The minimum atomic E-state index is -0.0890. The van der Waals surface area contributed by atoms with Crippen molar-refractivity contribution in [2.45, 2.75) is 26.3 Å². The van der Waals surface area contributed by atoms with Crippen molar-refractivity contribution in [3.8, 4) is 5.75 Å². The van der Waals surface area contributed by atoms with Crippen molar-refractivity contribution in [2.75, 3.05) is 0 Å². The smallest absolute Gasteiger partial charge is 0.144 e. The molecule has 4 nitrogen and oxygen atoms in total. The zero-order valence-electron chi connectivity index (χ0n) is 13.2. The number of aromatic nitrogens is 1. The third-order valence-electron chi connectivity index (χ3n) is 3.13. The van der Waals surface area contributed by atoms with E-state index in [-0.39, 0.29) is 17.6 Å². The fraction of sp³-hybridized carbons (Fsp3) is 0.222. The molecule has 0 bridgehead atoms. The molecule has 116 valence electrons. The Labute approximate surface area is 132 Å². The van der Waals surface area contributed by atoms with Crippen LogP contribution in [0.25, 0.3) is 0 Å². The van der Waals surface area contributed by atoms with Crippen molar-refractivity contribution in [1.82, 2.24) is 9.88 Å². The highest BCUT2D eigenvalue weighted by molar-refractivity contribution is 6.00. The summed E-state index contributed by atoms with van der Waals surface area (Å²) in [4.78, 5) is 5.67. The molecule has 0 saturated carbocycles. The van der Waals surface area contributed by atoms with Crippen LogP contribution in [-0.2, 0) is 0 Å². The maximum absolute atomic E-state index is 9.96. The Morgan fingerprint density at radius 3 is 2.77 bits per heavy atom. The fourth-order valence-corrected chi connectivity index (χ4v) is 2.10. The summed E-state index contributed by atoms with van der Waals surface area (Å²) in [6, 6.07) is 1.54. The SMILES string of the molecule is C=C/C=C\C(C)N(C(=N)c1ccncc1O)/C(C=C)=C/CC. The number of rotatable bonds is 7. The standard InChI is InChI=1S/C18H23N3O/c1-5-8-10-14(4)21(15(7-3)9-6-2)18(19)16-11-12-20-13-17(16)22/h5,7-14,19,22H,1,3,6H2,2,4H3/b10-8-,15-9+,19-18?. The molecular formula is C18H23N3O. The topological polar surface area (TPSA) is 60.2 Å². The van der Waals surface area contributed by atoms with Crippen LogP contribution < -0.4 is 0 Å². The molecule has 22 heavy (non-hydrogen) atoms. The van der Waals surface area contributed by atoms with E-state index < -0.39 is 0 Å². The normalized spacial score (nSPS) is 12.9. The summed E-state index contributed by atoms with van der Waals surface area (Å²) in [7, 11) is 0. The molecule has 0 aliphatic carbocycles. The summed E-state index contributed by atoms with van der Waals surface area (Å²) >= 11 is 0. The second kappa shape index (κ2) is 8.62. The molecule has 0 saturated heterocycles. The van der Waals surface area contributed by atoms with Gasteiger partial charge in [0.2, 0.25) is 0 Å². The van der Waals surface area contributed by atoms with Gasteiger partial charge in [0.1, 0.15) is 11.6 Å². The molecule has 0 aromatic carbocycles. The molecule has 0 aliphatic rings. The predicted octanol–water partition coefficient (Wildman–Crippen LogP) is 4.03. The van der Waals surface area contributed by atoms with E-state index in [1.807, 2.05) is 37.0 Å². The molecule has 0 amide bonds. The molecule has 0 aliphatic heterocycles. The third-order valence-corrected chi connectivity index (χ3v) is 3.13. The first kappa shape index (κ1) is 17.4. The minimum Gasteiger partial charge on any atom is -0.506 e. The zero-order chi connectivity index (χ0) is 16.5. The van der Waals surface area contributed by atoms with Gasteiger partial charge in [-0.2, -0.15) is 0 Å². The van der Waals surface area contributed by atoms with Crippen LogP contribution in [0, 0.1) is 5.41 Å². The van der Waals surface area contributed by atoms with E-state index in [0.29, 0.717) is 5.56 Å². The van der Waals surface area contributed by atoms with Gasteiger partial charge in [0.15, 0.2) is 0 Å². The third kappa shape index (κ3) is 4.19. The van der Waals surface area contributed by atoms with Crippen molar-refractivity contribution in [1.29, 1.82) is 5.41 Å². The Morgan fingerprint density at radius 2 is 2.23 bits per heavy atom. The van der Waals surface area contributed by atoms with Crippen LogP contribution in [0.2, 0.25) is 0 Å². The monoisotopic (exact) mass is 297 g/mol. The van der Waals surface area contributed by atoms with Crippen LogP contribution in [0.5, 0.6) is 5.75 Å². The van der Waals surface area contributed by atoms with E-state index >= 15 is 0 Å². The van der Waals surface area contributed by atoms with Gasteiger partial charge in [-0.1, -0.05) is 44.4 Å². The van der Waals surface area contributed by atoms with Gasteiger partial charge in [0.25, 0.3) is 0 Å². The molecule has 1 heterocycles. The molecule has 0 spiro atoms. The van der Waals surface area contributed by atoms with Crippen LogP contribution in [0.3, 0.4) is 0 Å². The molecule has 1 aromatic heterocycles. The van der Waals surface area contributed by atoms with Gasteiger partial charge >= 0.3 is 0 Å². The molecule has 1 unspecified atom stereocenters. The molecule has 0 radical (unpaired) electrons. The van der Waals surface area contributed by atoms with E-state index in [0.717, 1.165) is 12.1 Å². The summed E-state index contributed by atoms with van der Waals surface area (Å²) in [5.41, 5.74) is 1.25. The highest BCUT2D eigenvalue weighted by Gasteiger charge is 2.21. The Morgan fingerprint density at radius 1 is 1.50 bits per heavy atom. The molecule has 1 atom stereocenters. The summed E-state index contributed by atoms with van der Waals surface area (Å²) in [6.07, 6.45) is 12.9. The van der Waals surface area contributed by atoms with Crippen molar-refractivity contribution >= 4 is 5.84 Å². The molecule has 1 rings (SSSR count). The first-order valence-electron chi connectivity index (χ1n) is 7.19. The van der Waals surface area contributed by atoms with E-state index in [1.54, 1.807) is 24.4 Å². The Hall–Kier alpha value is -2.62. The van der Waals surface area contributed by atoms with E-state index in [2.05, 4.69) is 18.1 Å². The average molecular weight is 297 g/mol. The Kier molecular flexibility index (Phi) is 6.83. The fourth-order valence-electron chi connectivity index (χ4n) is 2.10.